The van der Waals surface area contributed by atoms with Gasteiger partial charge in [0.05, 0.1) is 17.3 Å². The first-order chi connectivity index (χ1) is 11.6. The van der Waals surface area contributed by atoms with Crippen LogP contribution in [-0.4, -0.2) is 32.4 Å². The molecular weight excluding hydrogens is 308 g/mol. The lowest BCUT2D eigenvalue weighted by molar-refractivity contribution is 0.0696. The summed E-state index contributed by atoms with van der Waals surface area (Å²) in [5, 5.41) is 13.5. The lowest BCUT2D eigenvalue weighted by Crippen LogP contribution is -2.31. The number of pyridine rings is 1. The SMILES string of the molecule is NCC1CCC(n2nc(-c3cncc(C(=O)O)c3)ccc2=O)CC1. The van der Waals surface area contributed by atoms with Crippen LogP contribution in [0.1, 0.15) is 42.1 Å². The van der Waals surface area contributed by atoms with Crippen molar-refractivity contribution in [2.75, 3.05) is 6.54 Å². The number of nitrogens with two attached hydrogens (primary N) is 1. The summed E-state index contributed by atoms with van der Waals surface area (Å²) >= 11 is 0. The van der Waals surface area contributed by atoms with Gasteiger partial charge in [0, 0.05) is 24.0 Å². The Labute approximate surface area is 139 Å². The highest BCUT2D eigenvalue weighted by Crippen LogP contribution is 2.30. The first-order valence-corrected chi connectivity index (χ1v) is 8.07. The molecule has 1 fully saturated rings. The van der Waals surface area contributed by atoms with Gasteiger partial charge in [-0.25, -0.2) is 9.48 Å². The van der Waals surface area contributed by atoms with E-state index in [0.29, 0.717) is 23.7 Å². The predicted molar refractivity (Wildman–Crippen MR) is 88.7 cm³/mol. The van der Waals surface area contributed by atoms with Crippen LogP contribution in [0, 0.1) is 5.92 Å². The van der Waals surface area contributed by atoms with Gasteiger partial charge in [0.2, 0.25) is 0 Å². The van der Waals surface area contributed by atoms with Gasteiger partial charge in [0.25, 0.3) is 5.56 Å². The van der Waals surface area contributed by atoms with Gasteiger partial charge in [-0.2, -0.15) is 5.10 Å². The Morgan fingerprint density at radius 1 is 1.25 bits per heavy atom. The Morgan fingerprint density at radius 3 is 2.67 bits per heavy atom. The zero-order valence-electron chi connectivity index (χ0n) is 13.3. The fourth-order valence-corrected chi connectivity index (χ4v) is 3.16. The molecule has 24 heavy (non-hydrogen) atoms. The van der Waals surface area contributed by atoms with Gasteiger partial charge in [0.1, 0.15) is 0 Å². The molecule has 0 atom stereocenters. The Balaban J connectivity index is 1.91. The quantitative estimate of drug-likeness (QED) is 0.883. The van der Waals surface area contributed by atoms with Crippen molar-refractivity contribution < 1.29 is 9.90 Å². The van der Waals surface area contributed by atoms with Crippen molar-refractivity contribution in [3.05, 3.63) is 46.5 Å². The summed E-state index contributed by atoms with van der Waals surface area (Å²) in [5.74, 6) is -0.519. The van der Waals surface area contributed by atoms with Crippen molar-refractivity contribution in [2.45, 2.75) is 31.7 Å². The van der Waals surface area contributed by atoms with Crippen LogP contribution in [0.3, 0.4) is 0 Å². The Hall–Kier alpha value is -2.54. The van der Waals surface area contributed by atoms with Crippen molar-refractivity contribution in [1.82, 2.24) is 14.8 Å². The van der Waals surface area contributed by atoms with E-state index in [1.165, 1.54) is 23.0 Å². The summed E-state index contributed by atoms with van der Waals surface area (Å²) in [5.41, 5.74) is 6.80. The molecule has 2 heterocycles. The maximum atomic E-state index is 12.2. The van der Waals surface area contributed by atoms with Crippen LogP contribution in [0.4, 0.5) is 0 Å². The predicted octanol–water partition coefficient (Wildman–Crippen LogP) is 1.69. The van der Waals surface area contributed by atoms with Crippen molar-refractivity contribution in [3.63, 3.8) is 0 Å². The summed E-state index contributed by atoms with van der Waals surface area (Å²) in [6, 6.07) is 4.66. The van der Waals surface area contributed by atoms with E-state index in [1.54, 1.807) is 12.3 Å². The van der Waals surface area contributed by atoms with Crippen molar-refractivity contribution in [2.24, 2.45) is 11.7 Å². The number of aromatic nitrogens is 3. The molecule has 0 unspecified atom stereocenters. The molecule has 3 N–H and O–H groups in total. The Bertz CT molecular complexity index is 794. The molecular formula is C17H20N4O3. The van der Waals surface area contributed by atoms with Crippen molar-refractivity contribution in [1.29, 1.82) is 0 Å². The number of rotatable bonds is 4. The summed E-state index contributed by atoms with van der Waals surface area (Å²) in [6.07, 6.45) is 6.59. The molecule has 0 aliphatic heterocycles. The molecule has 1 aliphatic carbocycles. The second-order valence-corrected chi connectivity index (χ2v) is 6.18. The highest BCUT2D eigenvalue weighted by Gasteiger charge is 2.23. The zero-order valence-corrected chi connectivity index (χ0v) is 13.3. The van der Waals surface area contributed by atoms with E-state index in [2.05, 4.69) is 10.1 Å². The van der Waals surface area contributed by atoms with E-state index in [9.17, 15) is 9.59 Å². The van der Waals surface area contributed by atoms with E-state index in [1.807, 2.05) is 0 Å². The summed E-state index contributed by atoms with van der Waals surface area (Å²) < 4.78 is 1.52. The third-order valence-electron chi connectivity index (χ3n) is 4.60. The first-order valence-electron chi connectivity index (χ1n) is 8.07. The van der Waals surface area contributed by atoms with E-state index >= 15 is 0 Å². The van der Waals surface area contributed by atoms with Crippen molar-refractivity contribution >= 4 is 5.97 Å². The summed E-state index contributed by atoms with van der Waals surface area (Å²) in [6.45, 7) is 0.683. The van der Waals surface area contributed by atoms with E-state index in [0.717, 1.165) is 25.7 Å². The number of hydrogen-bond donors (Lipinski definition) is 2. The zero-order chi connectivity index (χ0) is 17.1. The van der Waals surface area contributed by atoms with Crippen LogP contribution in [0.25, 0.3) is 11.3 Å². The molecule has 1 saturated carbocycles. The third-order valence-corrected chi connectivity index (χ3v) is 4.60. The normalized spacial score (nSPS) is 20.7. The molecule has 0 bridgehead atoms. The first kappa shape index (κ1) is 16.3. The van der Waals surface area contributed by atoms with Gasteiger partial charge in [-0.15, -0.1) is 0 Å². The molecule has 7 nitrogen and oxygen atoms in total. The van der Waals surface area contributed by atoms with E-state index < -0.39 is 5.97 Å². The number of carbonyl (C=O) groups is 1. The molecule has 2 aromatic heterocycles. The number of nitrogens with zero attached hydrogens (tertiary/aromatic N) is 3. The minimum atomic E-state index is -1.04. The van der Waals surface area contributed by atoms with Crippen LogP contribution in [0.15, 0.2) is 35.4 Å². The molecule has 3 rings (SSSR count). The van der Waals surface area contributed by atoms with Gasteiger partial charge in [-0.1, -0.05) is 0 Å². The van der Waals surface area contributed by atoms with Gasteiger partial charge in [-0.05, 0) is 50.3 Å². The monoisotopic (exact) mass is 328 g/mol. The van der Waals surface area contributed by atoms with Crippen LogP contribution < -0.4 is 11.3 Å². The molecule has 0 amide bonds. The second-order valence-electron chi connectivity index (χ2n) is 6.18. The standard InChI is InChI=1S/C17H20N4O3/c18-8-11-1-3-14(4-2-11)21-16(22)6-5-15(20-21)12-7-13(17(23)24)10-19-9-12/h5-7,9-11,14H,1-4,8,18H2,(H,23,24). The Morgan fingerprint density at radius 2 is 2.00 bits per heavy atom. The average Bonchev–Trinajstić information content (AvgIpc) is 2.62. The average molecular weight is 328 g/mol. The summed E-state index contributed by atoms with van der Waals surface area (Å²) in [7, 11) is 0. The molecule has 0 radical (unpaired) electrons. The minimum absolute atomic E-state index is 0.0656. The maximum absolute atomic E-state index is 12.2. The smallest absolute Gasteiger partial charge is 0.337 e. The molecule has 0 saturated heterocycles. The minimum Gasteiger partial charge on any atom is -0.478 e. The molecule has 1 aliphatic rings. The fourth-order valence-electron chi connectivity index (χ4n) is 3.16. The van der Waals surface area contributed by atoms with Gasteiger partial charge in [-0.3, -0.25) is 9.78 Å². The lowest BCUT2D eigenvalue weighted by atomic mass is 9.86. The van der Waals surface area contributed by atoms with E-state index in [4.69, 9.17) is 10.8 Å². The van der Waals surface area contributed by atoms with Gasteiger partial charge < -0.3 is 10.8 Å². The third kappa shape index (κ3) is 3.35. The van der Waals surface area contributed by atoms with Crippen molar-refractivity contribution in [3.8, 4) is 11.3 Å². The van der Waals surface area contributed by atoms with Gasteiger partial charge >= 0.3 is 5.97 Å². The van der Waals surface area contributed by atoms with Crippen LogP contribution in [-0.2, 0) is 0 Å². The largest absolute Gasteiger partial charge is 0.478 e. The molecule has 7 heteroatoms. The fraction of sp³-hybridized carbons (Fsp3) is 0.412. The molecule has 0 aromatic carbocycles. The van der Waals surface area contributed by atoms with Gasteiger partial charge in [0.15, 0.2) is 0 Å². The number of carboxylic acid groups (broad SMARTS) is 1. The number of aromatic carboxylic acids is 1. The molecule has 126 valence electrons. The Kier molecular flexibility index (Phi) is 4.71. The van der Waals surface area contributed by atoms with Crippen LogP contribution in [0.2, 0.25) is 0 Å². The maximum Gasteiger partial charge on any atom is 0.337 e. The highest BCUT2D eigenvalue weighted by atomic mass is 16.4. The second kappa shape index (κ2) is 6.92. The van der Waals surface area contributed by atoms with E-state index in [-0.39, 0.29) is 17.2 Å². The number of hydrogen-bond acceptors (Lipinski definition) is 5. The molecule has 0 spiro atoms. The number of carboxylic acids is 1. The molecule has 2 aromatic rings. The topological polar surface area (TPSA) is 111 Å². The van der Waals surface area contributed by atoms with Crippen LogP contribution in [0.5, 0.6) is 0 Å². The highest BCUT2D eigenvalue weighted by molar-refractivity contribution is 5.88. The summed E-state index contributed by atoms with van der Waals surface area (Å²) in [4.78, 5) is 27.2. The lowest BCUT2D eigenvalue weighted by Gasteiger charge is -2.28. The van der Waals surface area contributed by atoms with Crippen LogP contribution >= 0.6 is 0 Å².